The minimum atomic E-state index is -0.326. The highest BCUT2D eigenvalue weighted by Gasteiger charge is 2.24. The number of amides is 1. The zero-order valence-corrected chi connectivity index (χ0v) is 17.5. The maximum absolute atomic E-state index is 12.4. The number of nitrogens with one attached hydrogen (secondary N) is 1. The van der Waals surface area contributed by atoms with Crippen LogP contribution in [0, 0.1) is 5.92 Å². The fourth-order valence-corrected chi connectivity index (χ4v) is 5.91. The summed E-state index contributed by atoms with van der Waals surface area (Å²) in [5.74, 6) is 0.623. The normalized spacial score (nSPS) is 17.5. The second kappa shape index (κ2) is 7.78. The SMILES string of the molecule is CC1CCc2c(sc3nc(SC(C)C(=O)Nc4ccccc4)nc(Cl)c23)C1. The molecule has 4 nitrogen and oxygen atoms in total. The van der Waals surface area contributed by atoms with Crippen molar-refractivity contribution in [3.05, 3.63) is 45.9 Å². The van der Waals surface area contributed by atoms with Gasteiger partial charge in [-0.25, -0.2) is 9.97 Å². The average molecular weight is 418 g/mol. The summed E-state index contributed by atoms with van der Waals surface area (Å²) in [6.07, 6.45) is 3.31. The number of fused-ring (bicyclic) bond motifs is 3. The first-order valence-corrected chi connectivity index (χ1v) is 11.1. The monoisotopic (exact) mass is 417 g/mol. The predicted molar refractivity (Wildman–Crippen MR) is 114 cm³/mol. The minimum Gasteiger partial charge on any atom is -0.325 e. The number of carbonyl (C=O) groups is 1. The van der Waals surface area contributed by atoms with Gasteiger partial charge in [-0.3, -0.25) is 4.79 Å². The van der Waals surface area contributed by atoms with Crippen LogP contribution in [-0.2, 0) is 17.6 Å². The first-order valence-electron chi connectivity index (χ1n) is 9.01. The van der Waals surface area contributed by atoms with E-state index in [0.29, 0.717) is 16.2 Å². The fourth-order valence-electron chi connectivity index (χ4n) is 3.31. The van der Waals surface area contributed by atoms with Gasteiger partial charge in [-0.15, -0.1) is 11.3 Å². The van der Waals surface area contributed by atoms with E-state index in [9.17, 15) is 4.79 Å². The van der Waals surface area contributed by atoms with E-state index < -0.39 is 0 Å². The zero-order chi connectivity index (χ0) is 19.0. The van der Waals surface area contributed by atoms with E-state index in [1.54, 1.807) is 11.3 Å². The highest BCUT2D eigenvalue weighted by molar-refractivity contribution is 8.00. The number of aryl methyl sites for hydroxylation is 1. The molecule has 1 aromatic carbocycles. The van der Waals surface area contributed by atoms with E-state index in [-0.39, 0.29) is 11.2 Å². The molecule has 0 saturated heterocycles. The number of nitrogens with zero attached hydrogens (tertiary/aromatic N) is 2. The van der Waals surface area contributed by atoms with Gasteiger partial charge in [0.25, 0.3) is 0 Å². The molecule has 140 valence electrons. The number of hydrogen-bond acceptors (Lipinski definition) is 5. The standard InChI is InChI=1S/C20H20ClN3OS2/c1-11-8-9-14-15(10-11)27-19-16(14)17(21)23-20(24-19)26-12(2)18(25)22-13-6-4-3-5-7-13/h3-7,11-12H,8-10H2,1-2H3,(H,22,25). The van der Waals surface area contributed by atoms with Crippen molar-refractivity contribution in [1.29, 1.82) is 0 Å². The highest BCUT2D eigenvalue weighted by atomic mass is 35.5. The molecule has 7 heteroatoms. The topological polar surface area (TPSA) is 54.9 Å². The number of thioether (sulfide) groups is 1. The first kappa shape index (κ1) is 18.7. The van der Waals surface area contributed by atoms with Gasteiger partial charge in [-0.1, -0.05) is 48.5 Å². The lowest BCUT2D eigenvalue weighted by atomic mass is 9.89. The Morgan fingerprint density at radius 3 is 2.89 bits per heavy atom. The molecule has 27 heavy (non-hydrogen) atoms. The number of carbonyl (C=O) groups excluding carboxylic acids is 1. The molecule has 2 aromatic heterocycles. The second-order valence-electron chi connectivity index (χ2n) is 6.94. The molecule has 0 saturated carbocycles. The quantitative estimate of drug-likeness (QED) is 0.341. The maximum Gasteiger partial charge on any atom is 0.237 e. The number of benzene rings is 1. The Balaban J connectivity index is 1.54. The summed E-state index contributed by atoms with van der Waals surface area (Å²) >= 11 is 9.57. The molecule has 1 N–H and O–H groups in total. The molecular formula is C20H20ClN3OS2. The Morgan fingerprint density at radius 2 is 2.11 bits per heavy atom. The lowest BCUT2D eigenvalue weighted by Gasteiger charge is -2.17. The van der Waals surface area contributed by atoms with Gasteiger partial charge in [0, 0.05) is 10.6 Å². The molecule has 1 aliphatic rings. The summed E-state index contributed by atoms with van der Waals surface area (Å²) in [6.45, 7) is 4.14. The van der Waals surface area contributed by atoms with E-state index in [1.807, 2.05) is 37.3 Å². The number of anilines is 1. The van der Waals surface area contributed by atoms with Gasteiger partial charge in [0.1, 0.15) is 9.98 Å². The molecule has 0 spiro atoms. The highest BCUT2D eigenvalue weighted by Crippen LogP contribution is 2.40. The van der Waals surface area contributed by atoms with Crippen LogP contribution in [0.4, 0.5) is 5.69 Å². The molecule has 4 rings (SSSR count). The van der Waals surface area contributed by atoms with Crippen LogP contribution in [-0.4, -0.2) is 21.1 Å². The van der Waals surface area contributed by atoms with Crippen LogP contribution >= 0.6 is 34.7 Å². The molecule has 0 bridgehead atoms. The molecule has 3 aromatic rings. The number of rotatable bonds is 4. The average Bonchev–Trinajstić information content (AvgIpc) is 3.00. The van der Waals surface area contributed by atoms with Gasteiger partial charge in [-0.2, -0.15) is 0 Å². The molecule has 0 fully saturated rings. The maximum atomic E-state index is 12.4. The van der Waals surface area contributed by atoms with Crippen LogP contribution in [0.25, 0.3) is 10.2 Å². The largest absolute Gasteiger partial charge is 0.325 e. The summed E-state index contributed by atoms with van der Waals surface area (Å²) in [6, 6.07) is 9.44. The van der Waals surface area contributed by atoms with Crippen molar-refractivity contribution in [2.75, 3.05) is 5.32 Å². The van der Waals surface area contributed by atoms with Crippen LogP contribution in [0.15, 0.2) is 35.5 Å². The van der Waals surface area contributed by atoms with E-state index >= 15 is 0 Å². The Labute approximate surface area is 171 Å². The Hall–Kier alpha value is -1.63. The van der Waals surface area contributed by atoms with Gasteiger partial charge in [0.15, 0.2) is 5.16 Å². The van der Waals surface area contributed by atoms with Crippen LogP contribution < -0.4 is 5.32 Å². The molecule has 1 aliphatic carbocycles. The smallest absolute Gasteiger partial charge is 0.237 e. The van der Waals surface area contributed by atoms with E-state index in [2.05, 4.69) is 17.2 Å². The first-order chi connectivity index (χ1) is 13.0. The van der Waals surface area contributed by atoms with Crippen LogP contribution in [0.5, 0.6) is 0 Å². The molecule has 1 amide bonds. The van der Waals surface area contributed by atoms with E-state index in [0.717, 1.165) is 28.7 Å². The lowest BCUT2D eigenvalue weighted by Crippen LogP contribution is -2.22. The molecule has 2 heterocycles. The van der Waals surface area contributed by atoms with E-state index in [1.165, 1.54) is 28.6 Å². The summed E-state index contributed by atoms with van der Waals surface area (Å²) < 4.78 is 0. The van der Waals surface area contributed by atoms with Crippen molar-refractivity contribution in [1.82, 2.24) is 9.97 Å². The van der Waals surface area contributed by atoms with Crippen molar-refractivity contribution in [3.8, 4) is 0 Å². The number of para-hydroxylation sites is 1. The van der Waals surface area contributed by atoms with Gasteiger partial charge < -0.3 is 5.32 Å². The van der Waals surface area contributed by atoms with Crippen molar-refractivity contribution < 1.29 is 4.79 Å². The van der Waals surface area contributed by atoms with Crippen LogP contribution in [0.1, 0.15) is 30.7 Å². The zero-order valence-electron chi connectivity index (χ0n) is 15.2. The van der Waals surface area contributed by atoms with Crippen molar-refractivity contribution in [3.63, 3.8) is 0 Å². The summed E-state index contributed by atoms with van der Waals surface area (Å²) in [4.78, 5) is 23.9. The Kier molecular flexibility index (Phi) is 5.39. The van der Waals surface area contributed by atoms with Crippen molar-refractivity contribution in [2.24, 2.45) is 5.92 Å². The number of hydrogen-bond donors (Lipinski definition) is 1. The number of thiophene rings is 1. The summed E-state index contributed by atoms with van der Waals surface area (Å²) in [5, 5.41) is 4.65. The third kappa shape index (κ3) is 3.98. The predicted octanol–water partition coefficient (Wildman–Crippen LogP) is 5.59. The lowest BCUT2D eigenvalue weighted by molar-refractivity contribution is -0.115. The molecule has 2 unspecified atom stereocenters. The van der Waals surface area contributed by atoms with Crippen LogP contribution in [0.2, 0.25) is 5.15 Å². The van der Waals surface area contributed by atoms with Gasteiger partial charge in [-0.05, 0) is 49.8 Å². The second-order valence-corrected chi connectivity index (χ2v) is 9.69. The summed E-state index contributed by atoms with van der Waals surface area (Å²) in [7, 11) is 0. The number of aromatic nitrogens is 2. The third-order valence-corrected chi connectivity index (χ3v) is 7.17. The van der Waals surface area contributed by atoms with Crippen molar-refractivity contribution >= 4 is 56.5 Å². The van der Waals surface area contributed by atoms with Crippen molar-refractivity contribution in [2.45, 2.75) is 43.5 Å². The minimum absolute atomic E-state index is 0.0784. The fraction of sp³-hybridized carbons (Fsp3) is 0.350. The summed E-state index contributed by atoms with van der Waals surface area (Å²) in [5.41, 5.74) is 2.11. The molecule has 2 atom stereocenters. The third-order valence-electron chi connectivity index (χ3n) is 4.78. The molecule has 0 aliphatic heterocycles. The van der Waals surface area contributed by atoms with Gasteiger partial charge in [0.2, 0.25) is 5.91 Å². The molecule has 0 radical (unpaired) electrons. The van der Waals surface area contributed by atoms with Gasteiger partial charge >= 0.3 is 0 Å². The number of halogens is 1. The van der Waals surface area contributed by atoms with E-state index in [4.69, 9.17) is 16.6 Å². The van der Waals surface area contributed by atoms with Crippen LogP contribution in [0.3, 0.4) is 0 Å². The molecular weight excluding hydrogens is 398 g/mol. The Bertz CT molecular complexity index is 990. The Morgan fingerprint density at radius 1 is 1.33 bits per heavy atom. The van der Waals surface area contributed by atoms with Gasteiger partial charge in [0.05, 0.1) is 10.6 Å².